The van der Waals surface area contributed by atoms with Crippen LogP contribution in [0.1, 0.15) is 128 Å². The van der Waals surface area contributed by atoms with E-state index in [1.54, 1.807) is 127 Å². The van der Waals surface area contributed by atoms with Crippen LogP contribution in [0.3, 0.4) is 0 Å². The van der Waals surface area contributed by atoms with Gasteiger partial charge in [0, 0.05) is 198 Å². The first-order valence-electron chi connectivity index (χ1n) is 31.4. The summed E-state index contributed by atoms with van der Waals surface area (Å²) >= 11 is 19.3. The molecular weight excluding hydrogens is 2230 g/mol. The second-order valence-electron chi connectivity index (χ2n) is 25.0. The summed E-state index contributed by atoms with van der Waals surface area (Å²) in [6.07, 6.45) is 9.77. The zero-order valence-corrected chi connectivity index (χ0v) is 77.9. The maximum atomic E-state index is 13.6. The van der Waals surface area contributed by atoms with E-state index in [4.69, 9.17) is 63.5 Å². The van der Waals surface area contributed by atoms with Crippen molar-refractivity contribution in [3.05, 3.63) is 213 Å². The number of halogens is 3. The Hall–Kier alpha value is -4.00. The Morgan fingerprint density at radius 1 is 0.408 bits per heavy atom. The van der Waals surface area contributed by atoms with Crippen LogP contribution in [0.5, 0.6) is 0 Å². The van der Waals surface area contributed by atoms with Crippen molar-refractivity contribution >= 4 is 87.1 Å². The molecule has 3 aromatic carbocycles. The van der Waals surface area contributed by atoms with Crippen LogP contribution in [0.2, 0.25) is 15.1 Å². The van der Waals surface area contributed by atoms with E-state index >= 15 is 0 Å². The molecule has 6 aliphatic rings. The molecule has 0 radical (unpaired) electrons. The summed E-state index contributed by atoms with van der Waals surface area (Å²) in [6, 6.07) is 32.6. The van der Waals surface area contributed by atoms with Crippen molar-refractivity contribution in [3.63, 3.8) is 0 Å². The second-order valence-corrected chi connectivity index (χ2v) is 26.3. The summed E-state index contributed by atoms with van der Waals surface area (Å²) in [4.78, 5) is 75.7. The Balaban J connectivity index is 0.00000144. The van der Waals surface area contributed by atoms with E-state index in [2.05, 4.69) is 46.4 Å². The predicted molar refractivity (Wildman–Crippen MR) is 395 cm³/mol. The predicted octanol–water partition coefficient (Wildman–Crippen LogP) is 13.2. The number of aromatic nitrogens is 3. The van der Waals surface area contributed by atoms with E-state index in [1.807, 2.05) is 77.9 Å². The van der Waals surface area contributed by atoms with Gasteiger partial charge in [-0.3, -0.25) is 29.1 Å². The zero-order chi connectivity index (χ0) is 66.0. The minimum atomic E-state index is -0.543. The number of benzene rings is 3. The van der Waals surface area contributed by atoms with Crippen LogP contribution >= 0.6 is 34.8 Å². The van der Waals surface area contributed by atoms with Gasteiger partial charge in [-0.05, 0) is 172 Å². The van der Waals surface area contributed by atoms with Gasteiger partial charge in [-0.1, -0.05) is 86.7 Å². The Morgan fingerprint density at radius 3 is 0.835 bits per heavy atom. The first kappa shape index (κ1) is 99.0. The molecule has 0 spiro atoms. The van der Waals surface area contributed by atoms with Crippen molar-refractivity contribution < 1.29 is 148 Å². The van der Waals surface area contributed by atoms with E-state index < -0.39 is 16.8 Å². The normalized spacial score (nSPS) is 20.3. The fraction of sp³-hybridized carbons (Fsp3) is 0.405. The number of anilines is 3. The van der Waals surface area contributed by atoms with Crippen LogP contribution in [0.25, 0.3) is 0 Å². The van der Waals surface area contributed by atoms with Gasteiger partial charge in [-0.25, -0.2) is 15.0 Å². The van der Waals surface area contributed by atoms with Crippen molar-refractivity contribution in [3.8, 4) is 0 Å². The molecule has 103 heavy (non-hydrogen) atoms. The van der Waals surface area contributed by atoms with Gasteiger partial charge in [0.05, 0.1) is 33.2 Å². The summed E-state index contributed by atoms with van der Waals surface area (Å²) in [5.74, 6) is 1.07. The Labute approximate surface area is 697 Å². The third-order valence-corrected chi connectivity index (χ3v) is 18.1. The summed E-state index contributed by atoms with van der Waals surface area (Å²) in [6.45, 7) is 16.6. The molecule has 6 atom stereocenters. The number of nitrogens with zero attached hydrogens (tertiary/aromatic N) is 9. The minimum Gasteiger partial charge on any atom is -0.386 e. The topological polar surface area (TPSA) is 228 Å². The molecule has 12 rings (SSSR count). The van der Waals surface area contributed by atoms with Gasteiger partial charge in [-0.2, -0.15) is 0 Å². The van der Waals surface area contributed by atoms with Crippen LogP contribution in [0.4, 0.5) is 17.5 Å². The molecule has 3 fully saturated rings. The molecule has 3 saturated heterocycles. The van der Waals surface area contributed by atoms with E-state index in [9.17, 15) is 14.4 Å². The second kappa shape index (κ2) is 45.1. The standard InChI is InChI=1S/3C23H27ClN4O3.5CH3.5W/c3*1-23(2)20(30-3)19(27-31-23)15-8-10-16(11-9-15)22(29)28(17-6-4-12-25-14-17)21-18(24)7-5-13-26-21;;;;;;;;;;/h3*5,7-11,13,17,20,25H,4,6,12,14H2,1-3H3;5*1H3;;;;;/q;;;5*-1;;;;;/t17-,20?;17-,20+;17-,20-;;;;;;;;;;/m111........../s1. The number of hydrogen-bond donors (Lipinski definition) is 3. The van der Waals surface area contributed by atoms with Gasteiger partial charge in [0.25, 0.3) is 17.7 Å². The number of nitrogens with one attached hydrogen (secondary N) is 3. The number of methoxy groups -OCH3 is 3. The largest absolute Gasteiger partial charge is 0.386 e. The van der Waals surface area contributed by atoms with E-state index in [0.29, 0.717) is 86.0 Å². The Bertz CT molecular complexity index is 3320. The van der Waals surface area contributed by atoms with Crippen molar-refractivity contribution in [2.45, 2.75) is 133 Å². The average Bonchev–Trinajstić information content (AvgIpc) is 1.78. The van der Waals surface area contributed by atoms with Gasteiger partial charge in [0.15, 0.2) is 34.3 Å². The van der Waals surface area contributed by atoms with Gasteiger partial charge in [-0.15, -0.1) is 0 Å². The molecule has 562 valence electrons. The summed E-state index contributed by atoms with van der Waals surface area (Å²) in [7, 11) is 4.92. The van der Waals surface area contributed by atoms with Gasteiger partial charge in [0.2, 0.25) is 0 Å². The van der Waals surface area contributed by atoms with Gasteiger partial charge >= 0.3 is 0 Å². The first-order valence-corrected chi connectivity index (χ1v) is 32.5. The third-order valence-electron chi connectivity index (χ3n) is 17.2. The number of pyridine rings is 3. The molecule has 29 heteroatoms. The molecule has 0 saturated carbocycles. The molecule has 0 bridgehead atoms. The number of amides is 3. The molecule has 3 N–H and O–H groups in total. The maximum Gasteiger partial charge on any atom is 0.259 e. The van der Waals surface area contributed by atoms with Crippen molar-refractivity contribution in [1.29, 1.82) is 0 Å². The fourth-order valence-corrected chi connectivity index (χ4v) is 13.1. The van der Waals surface area contributed by atoms with Gasteiger partial charge in [0.1, 0.15) is 35.4 Å². The molecule has 21 nitrogen and oxygen atoms in total. The summed E-state index contributed by atoms with van der Waals surface area (Å²) < 4.78 is 16.8. The third kappa shape index (κ3) is 23.3. The molecule has 3 amide bonds. The van der Waals surface area contributed by atoms with E-state index in [0.717, 1.165) is 74.8 Å². The molecule has 6 aromatic rings. The number of rotatable bonds is 15. The fourth-order valence-electron chi connectivity index (χ4n) is 12.5. The minimum absolute atomic E-state index is 0. The number of hydrogen-bond acceptors (Lipinski definition) is 18. The molecule has 6 aliphatic heterocycles. The van der Waals surface area contributed by atoms with Gasteiger partial charge < -0.3 is 81.8 Å². The van der Waals surface area contributed by atoms with E-state index in [-0.39, 0.29) is 197 Å². The Morgan fingerprint density at radius 2 is 0.641 bits per heavy atom. The molecule has 0 aliphatic carbocycles. The Kier molecular flexibility index (Phi) is 43.3. The van der Waals surface area contributed by atoms with Crippen LogP contribution in [0.15, 0.2) is 143 Å². The summed E-state index contributed by atoms with van der Waals surface area (Å²) in [5.41, 5.74) is 4.77. The maximum absolute atomic E-state index is 13.6. The van der Waals surface area contributed by atoms with Crippen LogP contribution in [-0.4, -0.2) is 164 Å². The molecular formula is C74H96Cl3N12O9W5-5. The number of carbonyl (C=O) groups is 3. The molecule has 1 unspecified atom stereocenters. The van der Waals surface area contributed by atoms with Crippen molar-refractivity contribution in [2.24, 2.45) is 15.5 Å². The summed E-state index contributed by atoms with van der Waals surface area (Å²) in [5, 5.41) is 24.1. The smallest absolute Gasteiger partial charge is 0.259 e. The first-order chi connectivity index (χ1) is 44.8. The number of ether oxygens (including phenoxy) is 3. The number of oxime groups is 3. The van der Waals surface area contributed by atoms with Crippen molar-refractivity contribution in [1.82, 2.24) is 30.9 Å². The molecule has 9 heterocycles. The SMILES string of the molecule is COC1C(c2ccc(C(=O)N(c3ncccc3Cl)[C@@H]3CCCNC3)cc2)=NOC1(C)C.CO[C@@H]1C(c2ccc(C(=O)N(c3ncccc3Cl)[C@@H]3CCCNC3)cc2)=NOC1(C)C.CO[C@H]1C(c2ccc(C(=O)N(c3ncccc3Cl)[C@@H]3CCCNC3)cc2)=NOC1(C)C.[CH3-].[CH3-].[CH3-].[CH3-].[CH3-].[W].[W].[W].[W].[W]. The average molecular weight is 2320 g/mol. The van der Waals surface area contributed by atoms with E-state index in [1.165, 1.54) is 0 Å². The molecule has 3 aromatic heterocycles. The van der Waals surface area contributed by atoms with Crippen LogP contribution < -0.4 is 30.7 Å². The number of carbonyl (C=O) groups excluding carboxylic acids is 3. The van der Waals surface area contributed by atoms with Crippen LogP contribution in [-0.2, 0) is 134 Å². The quantitative estimate of drug-likeness (QED) is 0.0812. The van der Waals surface area contributed by atoms with Crippen molar-refractivity contribution in [2.75, 3.05) is 75.3 Å². The zero-order valence-electron chi connectivity index (χ0n) is 60.9. The van der Waals surface area contributed by atoms with Crippen LogP contribution in [0, 0.1) is 37.1 Å². The monoisotopic (exact) mass is 2320 g/mol. The number of piperidine rings is 3.